The third-order valence-corrected chi connectivity index (χ3v) is 6.81. The van der Waals surface area contributed by atoms with Gasteiger partial charge in [0.25, 0.3) is 0 Å². The lowest BCUT2D eigenvalue weighted by Gasteiger charge is -2.38. The van der Waals surface area contributed by atoms with Crippen LogP contribution in [0.15, 0.2) is 39.8 Å². The van der Waals surface area contributed by atoms with Crippen LogP contribution in [0, 0.1) is 5.41 Å². The molecule has 2 fully saturated rings. The molecule has 0 amide bonds. The summed E-state index contributed by atoms with van der Waals surface area (Å²) >= 11 is 0. The van der Waals surface area contributed by atoms with E-state index >= 15 is 0 Å². The standard InChI is InChI=1S/C17H21NO2S/c1-2-14-11-17(7-3-8-17)12-18(14)21(19)15-5-4-13-6-9-20-16(13)10-15/h4-6,9-10,14H,2-3,7-8,11-12H2,1H3. The fourth-order valence-electron chi connectivity index (χ4n) is 3.89. The molecule has 3 nitrogen and oxygen atoms in total. The van der Waals surface area contributed by atoms with Gasteiger partial charge in [-0.3, -0.25) is 0 Å². The van der Waals surface area contributed by atoms with Gasteiger partial charge in [0.2, 0.25) is 0 Å². The van der Waals surface area contributed by atoms with Crippen LogP contribution in [-0.2, 0) is 11.0 Å². The highest BCUT2D eigenvalue weighted by Crippen LogP contribution is 2.51. The van der Waals surface area contributed by atoms with Crippen molar-refractivity contribution in [2.24, 2.45) is 5.41 Å². The van der Waals surface area contributed by atoms with Crippen LogP contribution < -0.4 is 0 Å². The lowest BCUT2D eigenvalue weighted by Crippen LogP contribution is -2.35. The zero-order valence-corrected chi connectivity index (χ0v) is 13.2. The van der Waals surface area contributed by atoms with Crippen molar-refractivity contribution in [3.63, 3.8) is 0 Å². The maximum atomic E-state index is 13.0. The van der Waals surface area contributed by atoms with Crippen LogP contribution in [0.4, 0.5) is 0 Å². The van der Waals surface area contributed by atoms with E-state index in [4.69, 9.17) is 4.42 Å². The van der Waals surface area contributed by atoms with Gasteiger partial charge in [0.05, 0.1) is 11.2 Å². The number of furan rings is 1. The van der Waals surface area contributed by atoms with Gasteiger partial charge in [0, 0.05) is 18.0 Å². The number of hydrogen-bond donors (Lipinski definition) is 0. The average molecular weight is 303 g/mol. The van der Waals surface area contributed by atoms with E-state index in [0.717, 1.165) is 28.8 Å². The predicted molar refractivity (Wildman–Crippen MR) is 84.3 cm³/mol. The molecule has 112 valence electrons. The number of benzene rings is 1. The van der Waals surface area contributed by atoms with E-state index in [9.17, 15) is 4.21 Å². The molecule has 1 aromatic heterocycles. The Kier molecular flexibility index (Phi) is 3.19. The Morgan fingerprint density at radius 2 is 2.24 bits per heavy atom. The van der Waals surface area contributed by atoms with Crippen LogP contribution in [0.1, 0.15) is 39.0 Å². The molecule has 2 aliphatic rings. The summed E-state index contributed by atoms with van der Waals surface area (Å²) in [5.74, 6) is 0. The molecule has 0 N–H and O–H groups in total. The molecule has 1 aliphatic heterocycles. The molecule has 4 rings (SSSR count). The van der Waals surface area contributed by atoms with Crippen molar-refractivity contribution in [1.82, 2.24) is 4.31 Å². The monoisotopic (exact) mass is 303 g/mol. The van der Waals surface area contributed by atoms with Crippen LogP contribution >= 0.6 is 0 Å². The van der Waals surface area contributed by atoms with E-state index in [1.807, 2.05) is 24.3 Å². The molecule has 2 unspecified atom stereocenters. The zero-order chi connectivity index (χ0) is 14.4. The molecule has 1 spiro atoms. The summed E-state index contributed by atoms with van der Waals surface area (Å²) < 4.78 is 20.7. The molecule has 0 radical (unpaired) electrons. The Balaban J connectivity index is 1.63. The molecule has 2 heterocycles. The third-order valence-electron chi connectivity index (χ3n) is 5.29. The largest absolute Gasteiger partial charge is 0.464 e. The summed E-state index contributed by atoms with van der Waals surface area (Å²) in [6, 6.07) is 8.31. The van der Waals surface area contributed by atoms with E-state index in [0.29, 0.717) is 11.5 Å². The smallest absolute Gasteiger partial charge is 0.135 e. The summed E-state index contributed by atoms with van der Waals surface area (Å²) in [7, 11) is -1.07. The molecule has 1 saturated carbocycles. The van der Waals surface area contributed by atoms with Crippen LogP contribution in [0.2, 0.25) is 0 Å². The normalized spacial score (nSPS) is 26.2. The zero-order valence-electron chi connectivity index (χ0n) is 12.4. The Morgan fingerprint density at radius 3 is 2.95 bits per heavy atom. The second-order valence-corrected chi connectivity index (χ2v) is 8.00. The lowest BCUT2D eigenvalue weighted by molar-refractivity contribution is 0.153. The van der Waals surface area contributed by atoms with Crippen molar-refractivity contribution in [2.45, 2.75) is 50.0 Å². The topological polar surface area (TPSA) is 33.5 Å². The van der Waals surface area contributed by atoms with E-state index in [2.05, 4.69) is 11.2 Å². The van der Waals surface area contributed by atoms with Crippen molar-refractivity contribution >= 4 is 22.0 Å². The maximum Gasteiger partial charge on any atom is 0.135 e. The Hall–Kier alpha value is -1.13. The first-order valence-corrected chi connectivity index (χ1v) is 8.97. The molecule has 1 aromatic carbocycles. The highest BCUT2D eigenvalue weighted by molar-refractivity contribution is 7.82. The fraction of sp³-hybridized carbons (Fsp3) is 0.529. The summed E-state index contributed by atoms with van der Waals surface area (Å²) in [6.45, 7) is 3.20. The first kappa shape index (κ1) is 13.5. The average Bonchev–Trinajstić information content (AvgIpc) is 3.09. The molecule has 1 saturated heterocycles. The molecule has 4 heteroatoms. The Bertz CT molecular complexity index is 689. The third kappa shape index (κ3) is 2.16. The lowest BCUT2D eigenvalue weighted by atomic mass is 9.67. The van der Waals surface area contributed by atoms with E-state index in [1.165, 1.54) is 25.7 Å². The van der Waals surface area contributed by atoms with Gasteiger partial charge in [-0.2, -0.15) is 0 Å². The molecule has 0 bridgehead atoms. The van der Waals surface area contributed by atoms with Crippen molar-refractivity contribution in [2.75, 3.05) is 6.54 Å². The van der Waals surface area contributed by atoms with Gasteiger partial charge in [0.15, 0.2) is 0 Å². The quantitative estimate of drug-likeness (QED) is 0.855. The highest BCUT2D eigenvalue weighted by atomic mass is 32.2. The van der Waals surface area contributed by atoms with Gasteiger partial charge in [-0.15, -0.1) is 0 Å². The molecule has 21 heavy (non-hydrogen) atoms. The van der Waals surface area contributed by atoms with Crippen molar-refractivity contribution in [3.05, 3.63) is 30.5 Å². The minimum absolute atomic E-state index is 0.457. The number of rotatable bonds is 3. The Labute approximate surface area is 127 Å². The molecule has 2 aromatic rings. The van der Waals surface area contributed by atoms with Crippen molar-refractivity contribution < 1.29 is 8.63 Å². The van der Waals surface area contributed by atoms with Gasteiger partial charge < -0.3 is 4.42 Å². The SMILES string of the molecule is CCC1CC2(CCC2)CN1S(=O)c1ccc2ccoc2c1. The van der Waals surface area contributed by atoms with Crippen molar-refractivity contribution in [1.29, 1.82) is 0 Å². The molecule has 2 atom stereocenters. The maximum absolute atomic E-state index is 13.0. The second kappa shape index (κ2) is 4.96. The Morgan fingerprint density at radius 1 is 1.38 bits per heavy atom. The molecule has 1 aliphatic carbocycles. The summed E-state index contributed by atoms with van der Waals surface area (Å²) in [6.07, 6.45) is 7.96. The second-order valence-electron chi connectivity index (χ2n) is 6.56. The summed E-state index contributed by atoms with van der Waals surface area (Å²) in [5, 5.41) is 1.07. The number of fused-ring (bicyclic) bond motifs is 1. The van der Waals surface area contributed by atoms with Crippen LogP contribution in [0.3, 0.4) is 0 Å². The minimum atomic E-state index is -1.07. The van der Waals surface area contributed by atoms with Crippen LogP contribution in [0.25, 0.3) is 11.0 Å². The van der Waals surface area contributed by atoms with Gasteiger partial charge in [-0.25, -0.2) is 8.51 Å². The van der Waals surface area contributed by atoms with E-state index in [1.54, 1.807) is 6.26 Å². The van der Waals surface area contributed by atoms with Crippen LogP contribution in [-0.4, -0.2) is 21.1 Å². The predicted octanol–water partition coefficient (Wildman–Crippen LogP) is 4.11. The highest BCUT2D eigenvalue weighted by Gasteiger charge is 2.48. The van der Waals surface area contributed by atoms with Gasteiger partial charge in [-0.05, 0) is 55.4 Å². The fourth-order valence-corrected chi connectivity index (χ4v) is 5.43. The first-order chi connectivity index (χ1) is 10.2. The van der Waals surface area contributed by atoms with Crippen LogP contribution in [0.5, 0.6) is 0 Å². The molecular formula is C17H21NO2S. The molecular weight excluding hydrogens is 282 g/mol. The minimum Gasteiger partial charge on any atom is -0.464 e. The first-order valence-electron chi connectivity index (χ1n) is 7.87. The number of nitrogens with zero attached hydrogens (tertiary/aromatic N) is 1. The number of hydrogen-bond acceptors (Lipinski definition) is 2. The van der Waals surface area contributed by atoms with Gasteiger partial charge in [0.1, 0.15) is 16.6 Å². The summed E-state index contributed by atoms with van der Waals surface area (Å²) in [5.41, 5.74) is 1.29. The van der Waals surface area contributed by atoms with E-state index < -0.39 is 11.0 Å². The van der Waals surface area contributed by atoms with Gasteiger partial charge >= 0.3 is 0 Å². The van der Waals surface area contributed by atoms with Gasteiger partial charge in [-0.1, -0.05) is 13.3 Å². The van der Waals surface area contributed by atoms with Crippen molar-refractivity contribution in [3.8, 4) is 0 Å². The summed E-state index contributed by atoms with van der Waals surface area (Å²) in [4.78, 5) is 0.868. The van der Waals surface area contributed by atoms with E-state index in [-0.39, 0.29) is 0 Å².